The van der Waals surface area contributed by atoms with Crippen molar-refractivity contribution in [3.05, 3.63) is 34.9 Å². The zero-order valence-electron chi connectivity index (χ0n) is 11.1. The first-order chi connectivity index (χ1) is 9.50. The Morgan fingerprint density at radius 3 is 2.95 bits per heavy atom. The fraction of sp³-hybridized carbons (Fsp3) is 0.429. The Labute approximate surface area is 121 Å². The second kappa shape index (κ2) is 4.82. The van der Waals surface area contributed by atoms with Gasteiger partial charge in [-0.15, -0.1) is 0 Å². The summed E-state index contributed by atoms with van der Waals surface area (Å²) in [6.45, 7) is 2.04. The minimum atomic E-state index is -0.396. The van der Waals surface area contributed by atoms with Crippen molar-refractivity contribution in [2.75, 3.05) is 0 Å². The van der Waals surface area contributed by atoms with Gasteiger partial charge in [0.1, 0.15) is 5.82 Å². The molecule has 0 aliphatic heterocycles. The lowest BCUT2D eigenvalue weighted by Crippen LogP contribution is -2.38. The van der Waals surface area contributed by atoms with Crippen molar-refractivity contribution in [3.63, 3.8) is 0 Å². The van der Waals surface area contributed by atoms with E-state index in [0.29, 0.717) is 17.3 Å². The monoisotopic (exact) mass is 295 g/mol. The summed E-state index contributed by atoms with van der Waals surface area (Å²) in [6, 6.07) is 4.11. The maximum Gasteiger partial charge on any atom is 0.234 e. The van der Waals surface area contributed by atoms with Gasteiger partial charge in [-0.25, -0.2) is 4.39 Å². The second-order valence-corrected chi connectivity index (χ2v) is 5.87. The molecule has 0 amide bonds. The molecule has 1 saturated carbocycles. The van der Waals surface area contributed by atoms with Gasteiger partial charge >= 0.3 is 0 Å². The molecular formula is C14H15ClFN3O. The van der Waals surface area contributed by atoms with Crippen LogP contribution in [-0.4, -0.2) is 16.2 Å². The van der Waals surface area contributed by atoms with Crippen LogP contribution in [0.15, 0.2) is 22.7 Å². The molecular weight excluding hydrogens is 281 g/mol. The largest absolute Gasteiger partial charge is 0.338 e. The maximum atomic E-state index is 13.1. The van der Waals surface area contributed by atoms with Crippen molar-refractivity contribution in [2.24, 2.45) is 5.73 Å². The first-order valence-corrected chi connectivity index (χ1v) is 6.94. The van der Waals surface area contributed by atoms with Crippen LogP contribution in [0.4, 0.5) is 4.39 Å². The third kappa shape index (κ3) is 2.11. The van der Waals surface area contributed by atoms with Crippen LogP contribution in [0.5, 0.6) is 0 Å². The topological polar surface area (TPSA) is 64.9 Å². The van der Waals surface area contributed by atoms with Crippen LogP contribution >= 0.6 is 11.6 Å². The summed E-state index contributed by atoms with van der Waals surface area (Å²) in [5, 5.41) is 4.21. The van der Waals surface area contributed by atoms with Crippen molar-refractivity contribution in [1.82, 2.24) is 10.1 Å². The zero-order valence-corrected chi connectivity index (χ0v) is 11.8. The quantitative estimate of drug-likeness (QED) is 0.923. The van der Waals surface area contributed by atoms with Gasteiger partial charge in [-0.3, -0.25) is 0 Å². The number of aromatic nitrogens is 2. The molecule has 6 heteroatoms. The molecule has 1 fully saturated rings. The number of nitrogens with zero attached hydrogens (tertiary/aromatic N) is 2. The molecule has 2 unspecified atom stereocenters. The summed E-state index contributed by atoms with van der Waals surface area (Å²) in [5.74, 6) is 0.496. The highest BCUT2D eigenvalue weighted by Gasteiger charge is 2.42. The fourth-order valence-electron chi connectivity index (χ4n) is 2.69. The van der Waals surface area contributed by atoms with E-state index in [4.69, 9.17) is 21.9 Å². The first-order valence-electron chi connectivity index (χ1n) is 6.56. The van der Waals surface area contributed by atoms with E-state index in [9.17, 15) is 4.39 Å². The summed E-state index contributed by atoms with van der Waals surface area (Å²) in [6.07, 6.45) is 2.92. The van der Waals surface area contributed by atoms with Crippen LogP contribution in [0.3, 0.4) is 0 Å². The molecule has 0 bridgehead atoms. The average molecular weight is 296 g/mol. The smallest absolute Gasteiger partial charge is 0.234 e. The van der Waals surface area contributed by atoms with Crippen LogP contribution in [0.2, 0.25) is 5.02 Å². The Bertz CT molecular complexity index is 645. The Kier molecular flexibility index (Phi) is 3.26. The highest BCUT2D eigenvalue weighted by atomic mass is 35.5. The van der Waals surface area contributed by atoms with Crippen LogP contribution in [0, 0.1) is 5.82 Å². The lowest BCUT2D eigenvalue weighted by Gasteiger charge is -2.23. The molecule has 2 N–H and O–H groups in total. The molecule has 106 valence electrons. The van der Waals surface area contributed by atoms with Gasteiger partial charge in [0, 0.05) is 11.6 Å². The SMILES string of the molecule is CC1(c2nc(-c3ccc(F)cc3Cl)no2)CCCC1N. The second-order valence-electron chi connectivity index (χ2n) is 5.46. The van der Waals surface area contributed by atoms with Gasteiger partial charge in [-0.1, -0.05) is 23.2 Å². The number of halogens is 2. The number of nitrogens with two attached hydrogens (primary N) is 1. The van der Waals surface area contributed by atoms with Gasteiger partial charge < -0.3 is 10.3 Å². The van der Waals surface area contributed by atoms with Gasteiger partial charge in [0.25, 0.3) is 0 Å². The lowest BCUT2D eigenvalue weighted by atomic mass is 9.85. The molecule has 1 heterocycles. The normalized spacial score (nSPS) is 26.1. The van der Waals surface area contributed by atoms with Crippen molar-refractivity contribution in [3.8, 4) is 11.4 Å². The van der Waals surface area contributed by atoms with Crippen molar-refractivity contribution in [1.29, 1.82) is 0 Å². The first kappa shape index (κ1) is 13.5. The molecule has 20 heavy (non-hydrogen) atoms. The predicted molar refractivity (Wildman–Crippen MR) is 73.9 cm³/mol. The van der Waals surface area contributed by atoms with Crippen molar-refractivity contribution >= 4 is 11.6 Å². The molecule has 0 radical (unpaired) electrons. The standard InChI is InChI=1S/C14H15ClFN3O/c1-14(6-2-3-11(14)17)13-18-12(19-20-13)9-5-4-8(16)7-10(9)15/h4-5,7,11H,2-3,6,17H2,1H3. The third-order valence-electron chi connectivity index (χ3n) is 4.12. The summed E-state index contributed by atoms with van der Waals surface area (Å²) in [4.78, 5) is 4.41. The Hall–Kier alpha value is -1.46. The predicted octanol–water partition coefficient (Wildman–Crippen LogP) is 3.30. The van der Waals surface area contributed by atoms with Crippen LogP contribution in [0.25, 0.3) is 11.4 Å². The molecule has 1 aromatic carbocycles. The highest BCUT2D eigenvalue weighted by molar-refractivity contribution is 6.33. The Balaban J connectivity index is 1.98. The molecule has 0 saturated heterocycles. The van der Waals surface area contributed by atoms with E-state index >= 15 is 0 Å². The summed E-state index contributed by atoms with van der Waals surface area (Å²) in [5.41, 5.74) is 6.40. The molecule has 4 nitrogen and oxygen atoms in total. The summed E-state index contributed by atoms with van der Waals surface area (Å²) >= 11 is 6.01. The number of hydrogen-bond donors (Lipinski definition) is 1. The van der Waals surface area contributed by atoms with E-state index in [2.05, 4.69) is 10.1 Å². The van der Waals surface area contributed by atoms with Crippen LogP contribution < -0.4 is 5.73 Å². The third-order valence-corrected chi connectivity index (χ3v) is 4.43. The highest BCUT2D eigenvalue weighted by Crippen LogP contribution is 2.39. The lowest BCUT2D eigenvalue weighted by molar-refractivity contribution is 0.278. The molecule has 3 rings (SSSR count). The van der Waals surface area contributed by atoms with Gasteiger partial charge in [-0.05, 0) is 38.0 Å². The average Bonchev–Trinajstić information content (AvgIpc) is 2.99. The summed E-state index contributed by atoms with van der Waals surface area (Å²) in [7, 11) is 0. The Morgan fingerprint density at radius 1 is 1.50 bits per heavy atom. The fourth-order valence-corrected chi connectivity index (χ4v) is 2.95. The van der Waals surface area contributed by atoms with E-state index < -0.39 is 5.82 Å². The van der Waals surface area contributed by atoms with E-state index in [-0.39, 0.29) is 16.5 Å². The van der Waals surface area contributed by atoms with Gasteiger partial charge in [0.05, 0.1) is 10.4 Å². The van der Waals surface area contributed by atoms with E-state index in [0.717, 1.165) is 19.3 Å². The van der Waals surface area contributed by atoms with Crippen LogP contribution in [-0.2, 0) is 5.41 Å². The molecule has 0 spiro atoms. The molecule has 2 aromatic rings. The minimum absolute atomic E-state index is 0.0134. The van der Waals surface area contributed by atoms with Gasteiger partial charge in [0.2, 0.25) is 11.7 Å². The van der Waals surface area contributed by atoms with Gasteiger partial charge in [-0.2, -0.15) is 4.98 Å². The minimum Gasteiger partial charge on any atom is -0.338 e. The number of benzene rings is 1. The van der Waals surface area contributed by atoms with E-state index in [1.54, 1.807) is 6.07 Å². The van der Waals surface area contributed by atoms with Crippen LogP contribution in [0.1, 0.15) is 32.1 Å². The molecule has 1 aliphatic rings. The Morgan fingerprint density at radius 2 is 2.30 bits per heavy atom. The summed E-state index contributed by atoms with van der Waals surface area (Å²) < 4.78 is 18.4. The van der Waals surface area contributed by atoms with Gasteiger partial charge in [0.15, 0.2) is 0 Å². The number of hydrogen-bond acceptors (Lipinski definition) is 4. The molecule has 1 aliphatic carbocycles. The number of rotatable bonds is 2. The van der Waals surface area contributed by atoms with Crippen molar-refractivity contribution < 1.29 is 8.91 Å². The molecule has 1 aromatic heterocycles. The molecule has 2 atom stereocenters. The zero-order chi connectivity index (χ0) is 14.3. The van der Waals surface area contributed by atoms with E-state index in [1.807, 2.05) is 6.92 Å². The van der Waals surface area contributed by atoms with Crippen molar-refractivity contribution in [2.45, 2.75) is 37.6 Å². The van der Waals surface area contributed by atoms with E-state index in [1.165, 1.54) is 12.1 Å². The maximum absolute atomic E-state index is 13.1.